The number of hydrogen-bond donors (Lipinski definition) is 1. The van der Waals surface area contributed by atoms with Crippen molar-refractivity contribution in [3.05, 3.63) is 70.9 Å². The Labute approximate surface area is 233 Å². The predicted molar refractivity (Wildman–Crippen MR) is 142 cm³/mol. The van der Waals surface area contributed by atoms with Crippen LogP contribution in [-0.4, -0.2) is 44.2 Å². The van der Waals surface area contributed by atoms with Crippen LogP contribution in [0, 0.1) is 18.7 Å². The number of rotatable bonds is 2. The largest absolute Gasteiger partial charge is 0.417 e. The first-order valence-corrected chi connectivity index (χ1v) is 13.2. The fourth-order valence-electron chi connectivity index (χ4n) is 5.48. The lowest BCUT2D eigenvalue weighted by Gasteiger charge is -2.35. The van der Waals surface area contributed by atoms with Crippen LogP contribution in [-0.2, 0) is 22.8 Å². The van der Waals surface area contributed by atoms with Gasteiger partial charge in [-0.25, -0.2) is 8.78 Å². The lowest BCUT2D eigenvalue weighted by Crippen LogP contribution is -2.38. The Morgan fingerprint density at radius 1 is 1.12 bits per heavy atom. The van der Waals surface area contributed by atoms with E-state index in [9.17, 15) is 22.8 Å². The number of aryl methyl sites for hydroxylation is 2. The van der Waals surface area contributed by atoms with Crippen molar-refractivity contribution in [2.75, 3.05) is 11.9 Å². The summed E-state index contributed by atoms with van der Waals surface area (Å²) in [6, 6.07) is 4.58. The molecule has 2 amide bonds. The van der Waals surface area contributed by atoms with Crippen molar-refractivity contribution in [3.63, 3.8) is 0 Å². The molecule has 0 fully saturated rings. The molecule has 12 heteroatoms. The molecule has 2 aliphatic heterocycles. The maximum Gasteiger partial charge on any atom is 0.417 e. The van der Waals surface area contributed by atoms with Gasteiger partial charge in [0.25, 0.3) is 0 Å². The average Bonchev–Trinajstić information content (AvgIpc) is 3.28. The van der Waals surface area contributed by atoms with Gasteiger partial charge in [-0.05, 0) is 55.5 Å². The molecular weight excluding hydrogens is 545 g/mol. The Morgan fingerprint density at radius 3 is 2.59 bits per heavy atom. The molecule has 5 rings (SSSR count). The minimum atomic E-state index is -4.81. The number of fused-ring (bicyclic) bond motifs is 4. The van der Waals surface area contributed by atoms with E-state index in [2.05, 4.69) is 15.4 Å². The lowest BCUT2D eigenvalue weighted by molar-refractivity contribution is -0.138. The van der Waals surface area contributed by atoms with E-state index in [4.69, 9.17) is 0 Å². The van der Waals surface area contributed by atoms with Gasteiger partial charge in [0.2, 0.25) is 11.8 Å². The van der Waals surface area contributed by atoms with Gasteiger partial charge in [-0.3, -0.25) is 19.3 Å². The third-order valence-electron chi connectivity index (χ3n) is 7.81. The number of carbonyl (C=O) groups is 2. The zero-order valence-electron chi connectivity index (χ0n) is 22.6. The van der Waals surface area contributed by atoms with Crippen molar-refractivity contribution >= 4 is 23.1 Å². The van der Waals surface area contributed by atoms with Crippen LogP contribution in [0.3, 0.4) is 0 Å². The molecule has 3 atom stereocenters. The first-order chi connectivity index (χ1) is 19.4. The molecule has 1 unspecified atom stereocenters. The summed E-state index contributed by atoms with van der Waals surface area (Å²) in [6.07, 6.45) is -2.34. The Morgan fingerprint density at radius 2 is 1.88 bits per heavy atom. The van der Waals surface area contributed by atoms with Gasteiger partial charge in [-0.2, -0.15) is 18.3 Å². The summed E-state index contributed by atoms with van der Waals surface area (Å²) < 4.78 is 73.1. The topological polar surface area (TPSA) is 80.1 Å². The van der Waals surface area contributed by atoms with E-state index in [1.807, 2.05) is 0 Å². The molecule has 0 radical (unpaired) electrons. The number of nitrogens with zero attached hydrogens (tertiary/aromatic N) is 4. The summed E-state index contributed by atoms with van der Waals surface area (Å²) >= 11 is 0. The van der Waals surface area contributed by atoms with E-state index >= 15 is 8.78 Å². The second-order valence-corrected chi connectivity index (χ2v) is 10.5. The number of aromatic nitrogens is 3. The van der Waals surface area contributed by atoms with E-state index in [0.29, 0.717) is 22.6 Å². The van der Waals surface area contributed by atoms with Gasteiger partial charge in [0, 0.05) is 37.0 Å². The van der Waals surface area contributed by atoms with Crippen LogP contribution in [0.15, 0.2) is 42.7 Å². The van der Waals surface area contributed by atoms with Gasteiger partial charge in [0.05, 0.1) is 40.8 Å². The summed E-state index contributed by atoms with van der Waals surface area (Å²) in [5.74, 6) is -3.16. The van der Waals surface area contributed by atoms with E-state index in [1.165, 1.54) is 31.1 Å². The first kappa shape index (κ1) is 28.4. The molecular formula is C29H28F5N5O2. The zero-order valence-corrected chi connectivity index (χ0v) is 22.6. The number of nitrogens with one attached hydrogen (secondary N) is 1. The molecule has 216 valence electrons. The molecule has 2 aromatic heterocycles. The van der Waals surface area contributed by atoms with Crippen molar-refractivity contribution in [1.82, 2.24) is 19.7 Å². The minimum absolute atomic E-state index is 0.0319. The van der Waals surface area contributed by atoms with Gasteiger partial charge in [0.1, 0.15) is 12.0 Å². The smallest absolute Gasteiger partial charge is 0.330 e. The van der Waals surface area contributed by atoms with Crippen LogP contribution in [0.25, 0.3) is 16.8 Å². The van der Waals surface area contributed by atoms with Gasteiger partial charge >= 0.3 is 6.18 Å². The van der Waals surface area contributed by atoms with Gasteiger partial charge < -0.3 is 10.2 Å². The molecule has 4 heterocycles. The van der Waals surface area contributed by atoms with Gasteiger partial charge in [-0.1, -0.05) is 13.0 Å². The standard InChI is InChI=1S/C29H28F5N5O2/c1-15-4-5-19(29(32,33)34)25(26(15)31)17-9-11-39(24(40)13-17)23-7-6-20(30)16(2)28(41)37-22-14-36-38(3)27(22)18-8-10-35-21(23)12-18/h4-5,8,10,12-14,16,20,23H,6-7,9,11H2,1-3H3,(H,37,41)/t16-,20?,23+/m1/s1. The molecule has 7 nitrogen and oxygen atoms in total. The van der Waals surface area contributed by atoms with E-state index in [-0.39, 0.29) is 36.9 Å². The first-order valence-electron chi connectivity index (χ1n) is 13.2. The quantitative estimate of drug-likeness (QED) is 0.381. The van der Waals surface area contributed by atoms with Crippen molar-refractivity contribution in [2.24, 2.45) is 13.0 Å². The molecule has 41 heavy (non-hydrogen) atoms. The van der Waals surface area contributed by atoms with Crippen LogP contribution in [0.1, 0.15) is 54.6 Å². The highest BCUT2D eigenvalue weighted by Crippen LogP contribution is 2.41. The van der Waals surface area contributed by atoms with Crippen molar-refractivity contribution in [3.8, 4) is 11.3 Å². The van der Waals surface area contributed by atoms with Crippen molar-refractivity contribution in [1.29, 1.82) is 0 Å². The molecule has 0 saturated heterocycles. The number of hydrogen-bond acceptors (Lipinski definition) is 4. The summed E-state index contributed by atoms with van der Waals surface area (Å²) in [5, 5.41) is 6.97. The number of anilines is 1. The molecule has 2 bridgehead atoms. The molecule has 0 aliphatic carbocycles. The summed E-state index contributed by atoms with van der Waals surface area (Å²) in [5.41, 5.74) is 0.263. The summed E-state index contributed by atoms with van der Waals surface area (Å²) in [6.45, 7) is 2.81. The van der Waals surface area contributed by atoms with Gasteiger partial charge in [-0.15, -0.1) is 0 Å². The highest BCUT2D eigenvalue weighted by atomic mass is 19.4. The Hall–Kier alpha value is -4.09. The number of benzene rings is 1. The van der Waals surface area contributed by atoms with Crippen LogP contribution >= 0.6 is 0 Å². The number of alkyl halides is 4. The van der Waals surface area contributed by atoms with E-state index < -0.39 is 53.1 Å². The molecule has 1 aromatic carbocycles. The van der Waals surface area contributed by atoms with Crippen molar-refractivity contribution in [2.45, 2.75) is 51.5 Å². The fourth-order valence-corrected chi connectivity index (χ4v) is 5.48. The van der Waals surface area contributed by atoms with E-state index in [0.717, 1.165) is 18.2 Å². The maximum atomic E-state index is 15.3. The normalized spacial score (nSPS) is 21.9. The highest BCUT2D eigenvalue weighted by Gasteiger charge is 2.38. The van der Waals surface area contributed by atoms with Crippen LogP contribution in [0.4, 0.5) is 27.6 Å². The monoisotopic (exact) mass is 573 g/mol. The van der Waals surface area contributed by atoms with Crippen LogP contribution in [0.5, 0.6) is 0 Å². The van der Waals surface area contributed by atoms with Crippen molar-refractivity contribution < 1.29 is 31.5 Å². The molecule has 3 aromatic rings. The third-order valence-corrected chi connectivity index (χ3v) is 7.81. The Balaban J connectivity index is 1.56. The highest BCUT2D eigenvalue weighted by molar-refractivity contribution is 5.98. The number of pyridine rings is 1. The number of carbonyl (C=O) groups excluding carboxylic acids is 2. The summed E-state index contributed by atoms with van der Waals surface area (Å²) in [7, 11) is 1.69. The number of halogens is 5. The summed E-state index contributed by atoms with van der Waals surface area (Å²) in [4.78, 5) is 32.2. The zero-order chi connectivity index (χ0) is 29.6. The second kappa shape index (κ2) is 10.7. The van der Waals surface area contributed by atoms with E-state index in [1.54, 1.807) is 23.9 Å². The minimum Gasteiger partial charge on any atom is -0.330 e. The number of amides is 2. The molecule has 0 saturated carbocycles. The molecule has 1 N–H and O–H groups in total. The molecule has 0 spiro atoms. The van der Waals surface area contributed by atoms with Gasteiger partial charge in [0.15, 0.2) is 0 Å². The SMILES string of the molecule is Cc1ccc(C(F)(F)F)c(C2=CC(=O)N([C@H]3CCC(F)[C@@H](C)C(=O)Nc4cnn(C)c4-c4ccnc3c4)CC2)c1F. The molecule has 2 aliphatic rings. The third kappa shape index (κ3) is 5.34. The predicted octanol–water partition coefficient (Wildman–Crippen LogP) is 6.01. The fraction of sp³-hybridized carbons (Fsp3) is 0.379. The van der Waals surface area contributed by atoms with Crippen LogP contribution < -0.4 is 5.32 Å². The second-order valence-electron chi connectivity index (χ2n) is 10.5. The maximum absolute atomic E-state index is 15.3. The lowest BCUT2D eigenvalue weighted by atomic mass is 9.90. The Bertz CT molecular complexity index is 1550. The Kier molecular flexibility index (Phi) is 7.43. The average molecular weight is 574 g/mol. The van der Waals surface area contributed by atoms with Crippen LogP contribution in [0.2, 0.25) is 0 Å².